The third-order valence-corrected chi connectivity index (χ3v) is 14.0. The average molecular weight is 903 g/mol. The monoisotopic (exact) mass is 902 g/mol. The Morgan fingerprint density at radius 1 is 0.414 bits per heavy atom. The Balaban J connectivity index is 0.000000265. The number of para-hydroxylation sites is 2. The molecule has 0 saturated heterocycles. The van der Waals surface area contributed by atoms with E-state index in [-0.39, 0.29) is 6.04 Å². The van der Waals surface area contributed by atoms with E-state index in [4.69, 9.17) is 16.2 Å². The van der Waals surface area contributed by atoms with Crippen molar-refractivity contribution >= 4 is 21.5 Å². The van der Waals surface area contributed by atoms with E-state index in [1.165, 1.54) is 105 Å². The van der Waals surface area contributed by atoms with Gasteiger partial charge in [0, 0.05) is 23.7 Å². The molecule has 1 aliphatic heterocycles. The lowest BCUT2D eigenvalue weighted by Gasteiger charge is -2.40. The number of hydrogen-bond acceptors (Lipinski definition) is 3. The second kappa shape index (κ2) is 19.0. The van der Waals surface area contributed by atoms with Crippen LogP contribution in [0, 0.1) is 6.92 Å². The van der Waals surface area contributed by atoms with Crippen LogP contribution in [0.1, 0.15) is 51.9 Å². The van der Waals surface area contributed by atoms with Crippen molar-refractivity contribution in [1.29, 1.82) is 0 Å². The maximum Gasteiger partial charge on any atom is 0.132 e. The Bertz CT molecular complexity index is 3620. The molecule has 0 bridgehead atoms. The van der Waals surface area contributed by atoms with Gasteiger partial charge in [0.25, 0.3) is 0 Å². The summed E-state index contributed by atoms with van der Waals surface area (Å²) in [6.45, 7) is 4.77. The summed E-state index contributed by atoms with van der Waals surface area (Å²) in [6.07, 6.45) is 0. The van der Waals surface area contributed by atoms with Gasteiger partial charge in [0.15, 0.2) is 0 Å². The minimum atomic E-state index is -0.588. The van der Waals surface area contributed by atoms with Crippen molar-refractivity contribution in [3.05, 3.63) is 288 Å². The zero-order valence-corrected chi connectivity index (χ0v) is 39.5. The molecule has 70 heavy (non-hydrogen) atoms. The molecule has 1 aliphatic carbocycles. The Hall–Kier alpha value is -8.34. The van der Waals surface area contributed by atoms with E-state index in [1.54, 1.807) is 0 Å². The summed E-state index contributed by atoms with van der Waals surface area (Å²) < 4.78 is 6.72. The van der Waals surface area contributed by atoms with E-state index in [9.17, 15) is 0 Å². The Kier molecular flexibility index (Phi) is 12.0. The van der Waals surface area contributed by atoms with Crippen LogP contribution < -0.4 is 16.2 Å². The SMILES string of the molecule is CC(N)c1ccccc1.Cc1cccc(-c2cccc(-c3cccc(-c4ccc5c(c4)C4(c6ccccc6Oc6ccccc64)c4c-5c5ccccc5c5ccccc45)c3)c2)c1.NCc1ccccc1. The summed E-state index contributed by atoms with van der Waals surface area (Å²) in [7, 11) is 0. The molecular weight excluding hydrogens is 849 g/mol. The average Bonchev–Trinajstić information content (AvgIpc) is 3.73. The lowest BCUT2D eigenvalue weighted by molar-refractivity contribution is 0.437. The normalized spacial score (nSPS) is 12.8. The van der Waals surface area contributed by atoms with Crippen molar-refractivity contribution in [2.75, 3.05) is 0 Å². The number of benzene rings is 11. The largest absolute Gasteiger partial charge is 0.457 e. The van der Waals surface area contributed by atoms with Gasteiger partial charge in [0.05, 0.1) is 5.41 Å². The van der Waals surface area contributed by atoms with Crippen LogP contribution in [0.15, 0.2) is 249 Å². The van der Waals surface area contributed by atoms with Gasteiger partial charge in [-0.2, -0.15) is 0 Å². The number of fused-ring (bicyclic) bond motifs is 14. The summed E-state index contributed by atoms with van der Waals surface area (Å²) >= 11 is 0. The second-order valence-electron chi connectivity index (χ2n) is 18.4. The van der Waals surface area contributed by atoms with Crippen LogP contribution in [0.3, 0.4) is 0 Å². The van der Waals surface area contributed by atoms with Crippen molar-refractivity contribution < 1.29 is 4.74 Å². The van der Waals surface area contributed by atoms with Gasteiger partial charge in [-0.1, -0.05) is 224 Å². The van der Waals surface area contributed by atoms with Gasteiger partial charge < -0.3 is 16.2 Å². The van der Waals surface area contributed by atoms with Crippen molar-refractivity contribution in [2.24, 2.45) is 11.5 Å². The molecule has 0 fully saturated rings. The molecule has 0 radical (unpaired) electrons. The molecule has 1 spiro atoms. The van der Waals surface area contributed by atoms with Crippen molar-refractivity contribution in [3.63, 3.8) is 0 Å². The Morgan fingerprint density at radius 3 is 1.40 bits per heavy atom. The third-order valence-electron chi connectivity index (χ3n) is 14.0. The minimum Gasteiger partial charge on any atom is -0.457 e. The van der Waals surface area contributed by atoms with Gasteiger partial charge in [-0.05, 0) is 132 Å². The van der Waals surface area contributed by atoms with E-state index < -0.39 is 5.41 Å². The molecule has 1 heterocycles. The highest BCUT2D eigenvalue weighted by Crippen LogP contribution is 2.65. The molecular formula is C67H54N2O. The topological polar surface area (TPSA) is 61.3 Å². The van der Waals surface area contributed by atoms with Gasteiger partial charge in [-0.15, -0.1) is 0 Å². The Labute approximate surface area is 411 Å². The maximum absolute atomic E-state index is 6.72. The summed E-state index contributed by atoms with van der Waals surface area (Å²) in [4.78, 5) is 0. The van der Waals surface area contributed by atoms with Crippen LogP contribution in [-0.2, 0) is 12.0 Å². The molecule has 3 heteroatoms. The zero-order chi connectivity index (χ0) is 47.6. The number of hydrogen-bond donors (Lipinski definition) is 2. The highest BCUT2D eigenvalue weighted by molar-refractivity contribution is 6.19. The van der Waals surface area contributed by atoms with Gasteiger partial charge in [-0.25, -0.2) is 0 Å². The molecule has 4 N–H and O–H groups in total. The van der Waals surface area contributed by atoms with Crippen LogP contribution in [-0.4, -0.2) is 0 Å². The van der Waals surface area contributed by atoms with Crippen molar-refractivity contribution in [2.45, 2.75) is 31.8 Å². The molecule has 1 atom stereocenters. The van der Waals surface area contributed by atoms with Crippen LogP contribution in [0.25, 0.3) is 66.1 Å². The first-order valence-corrected chi connectivity index (χ1v) is 24.2. The number of rotatable bonds is 5. The van der Waals surface area contributed by atoms with E-state index in [0.29, 0.717) is 6.54 Å². The quantitative estimate of drug-likeness (QED) is 0.169. The fourth-order valence-corrected chi connectivity index (χ4v) is 10.7. The first-order chi connectivity index (χ1) is 34.4. The molecule has 0 amide bonds. The molecule has 2 aliphatic rings. The molecule has 3 nitrogen and oxygen atoms in total. The van der Waals surface area contributed by atoms with Gasteiger partial charge in [0.1, 0.15) is 11.5 Å². The molecule has 11 aromatic carbocycles. The summed E-state index contributed by atoms with van der Waals surface area (Å²) in [5.74, 6) is 1.81. The molecule has 0 saturated carbocycles. The molecule has 11 aromatic rings. The summed E-state index contributed by atoms with van der Waals surface area (Å²) in [6, 6.07) is 89.3. The van der Waals surface area contributed by atoms with E-state index in [1.807, 2.05) is 67.6 Å². The lowest BCUT2D eigenvalue weighted by Crippen LogP contribution is -2.32. The fourth-order valence-electron chi connectivity index (χ4n) is 10.7. The predicted octanol–water partition coefficient (Wildman–Crippen LogP) is 16.6. The Morgan fingerprint density at radius 2 is 0.871 bits per heavy atom. The lowest BCUT2D eigenvalue weighted by atomic mass is 9.64. The molecule has 0 aromatic heterocycles. The summed E-state index contributed by atoms with van der Waals surface area (Å²) in [5.41, 5.74) is 28.9. The predicted molar refractivity (Wildman–Crippen MR) is 293 cm³/mol. The van der Waals surface area contributed by atoms with Crippen molar-refractivity contribution in [1.82, 2.24) is 0 Å². The second-order valence-corrected chi connectivity index (χ2v) is 18.4. The van der Waals surface area contributed by atoms with Crippen molar-refractivity contribution in [3.8, 4) is 56.0 Å². The van der Waals surface area contributed by atoms with Gasteiger partial charge >= 0.3 is 0 Å². The van der Waals surface area contributed by atoms with Crippen LogP contribution in [0.4, 0.5) is 0 Å². The first kappa shape index (κ1) is 44.2. The fraction of sp³-hybridized carbons (Fsp3) is 0.0746. The smallest absolute Gasteiger partial charge is 0.132 e. The van der Waals surface area contributed by atoms with Crippen LogP contribution in [0.5, 0.6) is 11.5 Å². The molecule has 1 unspecified atom stereocenters. The maximum atomic E-state index is 6.72. The number of ether oxygens (including phenoxy) is 1. The first-order valence-electron chi connectivity index (χ1n) is 24.2. The highest BCUT2D eigenvalue weighted by atomic mass is 16.5. The molecule has 13 rings (SSSR count). The van der Waals surface area contributed by atoms with Gasteiger partial charge in [-0.3, -0.25) is 0 Å². The van der Waals surface area contributed by atoms with E-state index in [0.717, 1.165) is 11.5 Å². The van der Waals surface area contributed by atoms with Crippen LogP contribution in [0.2, 0.25) is 0 Å². The summed E-state index contributed by atoms with van der Waals surface area (Å²) in [5, 5.41) is 5.12. The zero-order valence-electron chi connectivity index (χ0n) is 39.5. The van der Waals surface area contributed by atoms with E-state index >= 15 is 0 Å². The number of aryl methyl sites for hydroxylation is 1. The van der Waals surface area contributed by atoms with E-state index in [2.05, 4.69) is 195 Å². The third kappa shape index (κ3) is 7.95. The minimum absolute atomic E-state index is 0.159. The van der Waals surface area contributed by atoms with Crippen LogP contribution >= 0.6 is 0 Å². The number of nitrogens with two attached hydrogens (primary N) is 2. The standard InChI is InChI=1S/C52H34O.C8H11N.C7H9N/c1-33-13-10-14-34(29-33)35-15-11-16-36(30-35)37-17-12-18-38(31-37)39-27-28-44-47(32-39)52(45-23-6-8-25-48(45)53-49-26-9-7-24-46(49)52)51-43-22-5-3-20-41(43)40-19-2-4-21-42(40)50(44)51;1-7(9)8-5-3-2-4-6-8;8-6-7-4-2-1-3-5-7/h2-32H,1H3;2-7H,9H2,1H3;1-5H,6,8H2. The highest BCUT2D eigenvalue weighted by Gasteiger charge is 2.52. The van der Waals surface area contributed by atoms with Gasteiger partial charge in [0.2, 0.25) is 0 Å². The molecule has 338 valence electrons.